The highest BCUT2D eigenvalue weighted by Gasteiger charge is 2.12. The van der Waals surface area contributed by atoms with E-state index in [2.05, 4.69) is 10.3 Å². The number of ether oxygens (including phenoxy) is 2. The fraction of sp³-hybridized carbons (Fsp3) is 0.158. The topological polar surface area (TPSA) is 60.5 Å². The Morgan fingerprint density at radius 3 is 2.50 bits per heavy atom. The summed E-state index contributed by atoms with van der Waals surface area (Å²) in [6.45, 7) is 0.416. The summed E-state index contributed by atoms with van der Waals surface area (Å²) in [4.78, 5) is 16.8. The van der Waals surface area contributed by atoms with Crippen LogP contribution < -0.4 is 14.8 Å². The monoisotopic (exact) mass is 322 g/mol. The van der Waals surface area contributed by atoms with Gasteiger partial charge in [0.1, 0.15) is 17.2 Å². The Labute approximate surface area is 140 Å². The molecule has 0 atom stereocenters. The van der Waals surface area contributed by atoms with E-state index in [1.807, 2.05) is 48.5 Å². The lowest BCUT2D eigenvalue weighted by molar-refractivity contribution is 0.0946. The molecule has 0 fully saturated rings. The molecule has 0 aliphatic rings. The van der Waals surface area contributed by atoms with Crippen molar-refractivity contribution >= 4 is 16.8 Å². The summed E-state index contributed by atoms with van der Waals surface area (Å²) in [5.74, 6) is 1.18. The first-order chi connectivity index (χ1) is 11.7. The molecule has 0 aliphatic heterocycles. The third kappa shape index (κ3) is 3.30. The minimum atomic E-state index is -0.241. The van der Waals surface area contributed by atoms with Crippen LogP contribution in [-0.2, 0) is 6.54 Å². The average molecular weight is 322 g/mol. The van der Waals surface area contributed by atoms with Crippen LogP contribution in [0.25, 0.3) is 10.9 Å². The van der Waals surface area contributed by atoms with Crippen LogP contribution in [0.3, 0.4) is 0 Å². The smallest absolute Gasteiger partial charge is 0.270 e. The van der Waals surface area contributed by atoms with Crippen molar-refractivity contribution in [3.05, 3.63) is 65.9 Å². The highest BCUT2D eigenvalue weighted by Crippen LogP contribution is 2.24. The quantitative estimate of drug-likeness (QED) is 0.784. The van der Waals surface area contributed by atoms with E-state index in [-0.39, 0.29) is 5.91 Å². The maximum atomic E-state index is 12.4. The average Bonchev–Trinajstić information content (AvgIpc) is 2.65. The summed E-state index contributed by atoms with van der Waals surface area (Å²) < 4.78 is 10.5. The van der Waals surface area contributed by atoms with Gasteiger partial charge in [-0.1, -0.05) is 24.3 Å². The van der Waals surface area contributed by atoms with Gasteiger partial charge >= 0.3 is 0 Å². The van der Waals surface area contributed by atoms with Crippen molar-refractivity contribution < 1.29 is 14.3 Å². The van der Waals surface area contributed by atoms with E-state index in [0.29, 0.717) is 18.0 Å². The summed E-state index contributed by atoms with van der Waals surface area (Å²) in [6.07, 6.45) is 0. The van der Waals surface area contributed by atoms with Gasteiger partial charge in [-0.2, -0.15) is 0 Å². The lowest BCUT2D eigenvalue weighted by atomic mass is 10.1. The predicted octanol–water partition coefficient (Wildman–Crippen LogP) is 3.18. The molecule has 1 N–H and O–H groups in total. The molecule has 0 aliphatic carbocycles. The zero-order chi connectivity index (χ0) is 16.9. The van der Waals surface area contributed by atoms with E-state index in [9.17, 15) is 4.79 Å². The Balaban J connectivity index is 1.78. The van der Waals surface area contributed by atoms with E-state index in [1.165, 1.54) is 0 Å². The molecule has 24 heavy (non-hydrogen) atoms. The number of carbonyl (C=O) groups is 1. The van der Waals surface area contributed by atoms with Gasteiger partial charge in [0, 0.05) is 18.0 Å². The second kappa shape index (κ2) is 7.00. The Bertz CT molecular complexity index is 860. The van der Waals surface area contributed by atoms with Gasteiger partial charge in [-0.3, -0.25) is 4.79 Å². The van der Waals surface area contributed by atoms with E-state index in [0.717, 1.165) is 22.2 Å². The molecule has 3 aromatic rings. The first-order valence-corrected chi connectivity index (χ1v) is 7.56. The van der Waals surface area contributed by atoms with Gasteiger partial charge < -0.3 is 14.8 Å². The van der Waals surface area contributed by atoms with Crippen LogP contribution in [0.1, 0.15) is 16.1 Å². The van der Waals surface area contributed by atoms with Crippen LogP contribution in [0.2, 0.25) is 0 Å². The van der Waals surface area contributed by atoms with Gasteiger partial charge in [0.2, 0.25) is 0 Å². The minimum Gasteiger partial charge on any atom is -0.497 e. The van der Waals surface area contributed by atoms with Crippen LogP contribution in [0.4, 0.5) is 0 Å². The number of fused-ring (bicyclic) bond motifs is 1. The van der Waals surface area contributed by atoms with E-state index in [4.69, 9.17) is 9.47 Å². The molecule has 0 spiro atoms. The second-order valence-corrected chi connectivity index (χ2v) is 5.26. The number of para-hydroxylation sites is 1. The van der Waals surface area contributed by atoms with Crippen LogP contribution in [-0.4, -0.2) is 25.1 Å². The fourth-order valence-electron chi connectivity index (χ4n) is 2.44. The summed E-state index contributed by atoms with van der Waals surface area (Å²) in [5.41, 5.74) is 2.04. The number of nitrogens with one attached hydrogen (secondary N) is 1. The van der Waals surface area contributed by atoms with Gasteiger partial charge in [-0.25, -0.2) is 4.98 Å². The predicted molar refractivity (Wildman–Crippen MR) is 92.5 cm³/mol. The third-order valence-electron chi connectivity index (χ3n) is 3.74. The molecule has 1 amide bonds. The lowest BCUT2D eigenvalue weighted by Gasteiger charge is -2.09. The highest BCUT2D eigenvalue weighted by molar-refractivity contribution is 5.97. The maximum absolute atomic E-state index is 12.4. The zero-order valence-electron chi connectivity index (χ0n) is 13.6. The van der Waals surface area contributed by atoms with Gasteiger partial charge in [0.25, 0.3) is 5.91 Å². The van der Waals surface area contributed by atoms with Crippen molar-refractivity contribution in [2.45, 2.75) is 6.54 Å². The molecule has 2 aromatic carbocycles. The molecule has 5 nitrogen and oxygen atoms in total. The molecule has 5 heteroatoms. The molecular formula is C19H18N2O3. The van der Waals surface area contributed by atoms with Gasteiger partial charge in [0.15, 0.2) is 0 Å². The Kier molecular flexibility index (Phi) is 4.61. The standard InChI is InChI=1S/C19H18N2O3/c1-23-14-9-7-13(8-10-14)12-20-19(22)17-11-18(24-2)15-5-3-4-6-16(15)21-17/h3-11H,12H2,1-2H3,(H,20,22). The first-order valence-electron chi connectivity index (χ1n) is 7.56. The largest absolute Gasteiger partial charge is 0.497 e. The minimum absolute atomic E-state index is 0.241. The van der Waals surface area contributed by atoms with E-state index >= 15 is 0 Å². The second-order valence-electron chi connectivity index (χ2n) is 5.26. The maximum Gasteiger partial charge on any atom is 0.270 e. The molecule has 122 valence electrons. The molecule has 0 saturated carbocycles. The normalized spacial score (nSPS) is 10.4. The number of benzene rings is 2. The fourth-order valence-corrected chi connectivity index (χ4v) is 2.44. The molecule has 3 rings (SSSR count). The van der Waals surface area contributed by atoms with Crippen molar-refractivity contribution in [2.24, 2.45) is 0 Å². The number of hydrogen-bond acceptors (Lipinski definition) is 4. The van der Waals surface area contributed by atoms with Crippen molar-refractivity contribution in [3.8, 4) is 11.5 Å². The Morgan fingerprint density at radius 1 is 1.04 bits per heavy atom. The Morgan fingerprint density at radius 2 is 1.79 bits per heavy atom. The van der Waals surface area contributed by atoms with Crippen molar-refractivity contribution in [3.63, 3.8) is 0 Å². The van der Waals surface area contributed by atoms with Crippen LogP contribution >= 0.6 is 0 Å². The van der Waals surface area contributed by atoms with E-state index < -0.39 is 0 Å². The third-order valence-corrected chi connectivity index (χ3v) is 3.74. The van der Waals surface area contributed by atoms with Crippen molar-refractivity contribution in [1.29, 1.82) is 0 Å². The number of pyridine rings is 1. The molecule has 0 unspecified atom stereocenters. The van der Waals surface area contributed by atoms with Crippen molar-refractivity contribution in [2.75, 3.05) is 14.2 Å². The zero-order valence-corrected chi connectivity index (χ0v) is 13.6. The molecule has 0 bridgehead atoms. The number of methoxy groups -OCH3 is 2. The SMILES string of the molecule is COc1ccc(CNC(=O)c2cc(OC)c3ccccc3n2)cc1. The number of aromatic nitrogens is 1. The summed E-state index contributed by atoms with van der Waals surface area (Å²) in [6, 6.07) is 16.8. The number of amides is 1. The van der Waals surface area contributed by atoms with Gasteiger partial charge in [-0.15, -0.1) is 0 Å². The van der Waals surface area contributed by atoms with Crippen LogP contribution in [0.5, 0.6) is 11.5 Å². The summed E-state index contributed by atoms with van der Waals surface area (Å²) in [5, 5.41) is 3.75. The molecular weight excluding hydrogens is 304 g/mol. The number of hydrogen-bond donors (Lipinski definition) is 1. The molecule has 0 saturated heterocycles. The van der Waals surface area contributed by atoms with Gasteiger partial charge in [-0.05, 0) is 29.8 Å². The number of rotatable bonds is 5. The summed E-state index contributed by atoms with van der Waals surface area (Å²) >= 11 is 0. The summed E-state index contributed by atoms with van der Waals surface area (Å²) in [7, 11) is 3.20. The van der Waals surface area contributed by atoms with E-state index in [1.54, 1.807) is 20.3 Å². The van der Waals surface area contributed by atoms with Crippen LogP contribution in [0.15, 0.2) is 54.6 Å². The lowest BCUT2D eigenvalue weighted by Crippen LogP contribution is -2.23. The Hall–Kier alpha value is -3.08. The van der Waals surface area contributed by atoms with Crippen molar-refractivity contribution in [1.82, 2.24) is 10.3 Å². The molecule has 1 heterocycles. The molecule has 1 aromatic heterocycles. The highest BCUT2D eigenvalue weighted by atomic mass is 16.5. The molecule has 0 radical (unpaired) electrons. The number of carbonyl (C=O) groups excluding carboxylic acids is 1. The first kappa shape index (κ1) is 15.8. The van der Waals surface area contributed by atoms with Crippen LogP contribution in [0, 0.1) is 0 Å². The number of nitrogens with zero attached hydrogens (tertiary/aromatic N) is 1. The van der Waals surface area contributed by atoms with Gasteiger partial charge in [0.05, 0.1) is 19.7 Å².